The molecule has 0 bridgehead atoms. The molecule has 0 radical (unpaired) electrons. The number of benzene rings is 1. The first kappa shape index (κ1) is 18.2. The molecule has 1 fully saturated rings. The van der Waals surface area contributed by atoms with E-state index in [-0.39, 0.29) is 24.8 Å². The molecule has 1 aromatic rings. The average molecular weight is 354 g/mol. The van der Waals surface area contributed by atoms with Gasteiger partial charge in [-0.25, -0.2) is 0 Å². The minimum absolute atomic E-state index is 0.0146. The normalized spacial score (nSPS) is 18.0. The molecule has 1 aliphatic heterocycles. The topological polar surface area (TPSA) is 87.7 Å². The molecule has 1 heterocycles. The number of carbonyl (C=O) groups is 3. The van der Waals surface area contributed by atoms with Crippen molar-refractivity contribution in [3.05, 3.63) is 28.8 Å². The van der Waals surface area contributed by atoms with Crippen LogP contribution in [0.1, 0.15) is 12.0 Å². The summed E-state index contributed by atoms with van der Waals surface area (Å²) < 4.78 is 4.61. The van der Waals surface area contributed by atoms with Crippen LogP contribution in [0.4, 0.5) is 5.69 Å². The van der Waals surface area contributed by atoms with Gasteiger partial charge in [0.2, 0.25) is 11.8 Å². The lowest BCUT2D eigenvalue weighted by atomic mass is 10.1. The van der Waals surface area contributed by atoms with E-state index in [1.165, 1.54) is 7.11 Å². The minimum Gasteiger partial charge on any atom is -0.469 e. The van der Waals surface area contributed by atoms with Crippen molar-refractivity contribution in [2.24, 2.45) is 0 Å². The third-order valence-corrected chi connectivity index (χ3v) is 4.09. The standard InChI is InChI=1S/C16H20ClN3O4/c1-10-3-4-12(11(17)7-10)19-14(21)9-20-6-5-18-16(23)13(20)8-15(22)24-2/h3-4,7,13H,5-6,8-9H2,1-2H3,(H,18,23)(H,19,21)/t13-/m1/s1. The summed E-state index contributed by atoms with van der Waals surface area (Å²) in [6, 6.07) is 4.61. The van der Waals surface area contributed by atoms with Crippen molar-refractivity contribution < 1.29 is 19.1 Å². The third kappa shape index (κ3) is 4.69. The molecular weight excluding hydrogens is 334 g/mol. The summed E-state index contributed by atoms with van der Waals surface area (Å²) in [5.74, 6) is -1.08. The second kappa shape index (κ2) is 8.12. The van der Waals surface area contributed by atoms with E-state index in [4.69, 9.17) is 11.6 Å². The number of esters is 1. The predicted molar refractivity (Wildman–Crippen MR) is 89.8 cm³/mol. The minimum atomic E-state index is -0.717. The third-order valence-electron chi connectivity index (χ3n) is 3.77. The summed E-state index contributed by atoms with van der Waals surface area (Å²) >= 11 is 6.10. The summed E-state index contributed by atoms with van der Waals surface area (Å²) in [5, 5.41) is 5.87. The Hall–Kier alpha value is -2.12. The van der Waals surface area contributed by atoms with Crippen LogP contribution in [-0.2, 0) is 19.1 Å². The Morgan fingerprint density at radius 2 is 2.21 bits per heavy atom. The zero-order chi connectivity index (χ0) is 17.7. The van der Waals surface area contributed by atoms with Crippen LogP contribution < -0.4 is 10.6 Å². The number of nitrogens with one attached hydrogen (secondary N) is 2. The number of piperazine rings is 1. The Bertz CT molecular complexity index is 650. The van der Waals surface area contributed by atoms with Crippen LogP contribution in [0.25, 0.3) is 0 Å². The van der Waals surface area contributed by atoms with E-state index in [0.29, 0.717) is 23.8 Å². The van der Waals surface area contributed by atoms with E-state index in [1.54, 1.807) is 17.0 Å². The summed E-state index contributed by atoms with van der Waals surface area (Å²) in [5.41, 5.74) is 1.50. The second-order valence-corrected chi connectivity index (χ2v) is 6.00. The molecule has 2 rings (SSSR count). The van der Waals surface area contributed by atoms with Gasteiger partial charge in [-0.05, 0) is 24.6 Å². The molecule has 0 aromatic heterocycles. The van der Waals surface area contributed by atoms with Crippen molar-refractivity contribution in [2.45, 2.75) is 19.4 Å². The lowest BCUT2D eigenvalue weighted by Gasteiger charge is -2.33. The quantitative estimate of drug-likeness (QED) is 0.769. The van der Waals surface area contributed by atoms with Crippen molar-refractivity contribution in [3.8, 4) is 0 Å². The first-order valence-corrected chi connectivity index (χ1v) is 7.93. The molecule has 0 aliphatic carbocycles. The summed E-state index contributed by atoms with van der Waals surface area (Å²) in [6.45, 7) is 2.79. The van der Waals surface area contributed by atoms with E-state index in [1.807, 2.05) is 13.0 Å². The number of halogens is 1. The predicted octanol–water partition coefficient (Wildman–Crippen LogP) is 0.950. The molecule has 1 aromatic carbocycles. The largest absolute Gasteiger partial charge is 0.469 e. The first-order chi connectivity index (χ1) is 11.4. The van der Waals surface area contributed by atoms with E-state index < -0.39 is 12.0 Å². The van der Waals surface area contributed by atoms with Crippen LogP contribution in [0.15, 0.2) is 18.2 Å². The maximum absolute atomic E-state index is 12.3. The summed E-state index contributed by atoms with van der Waals surface area (Å²) in [7, 11) is 1.26. The van der Waals surface area contributed by atoms with E-state index in [0.717, 1.165) is 5.56 Å². The fourth-order valence-electron chi connectivity index (χ4n) is 2.51. The van der Waals surface area contributed by atoms with Crippen molar-refractivity contribution in [2.75, 3.05) is 32.1 Å². The molecule has 2 N–H and O–H groups in total. The maximum atomic E-state index is 12.3. The average Bonchev–Trinajstić information content (AvgIpc) is 2.53. The van der Waals surface area contributed by atoms with Gasteiger partial charge in [-0.15, -0.1) is 0 Å². The lowest BCUT2D eigenvalue weighted by molar-refractivity contribution is -0.146. The highest BCUT2D eigenvalue weighted by atomic mass is 35.5. The highest BCUT2D eigenvalue weighted by molar-refractivity contribution is 6.33. The number of rotatable bonds is 5. The molecule has 1 aliphatic rings. The van der Waals surface area contributed by atoms with Crippen molar-refractivity contribution in [1.82, 2.24) is 10.2 Å². The van der Waals surface area contributed by atoms with Gasteiger partial charge < -0.3 is 15.4 Å². The SMILES string of the molecule is COC(=O)C[C@@H]1C(=O)NCCN1CC(=O)Nc1ccc(C)cc1Cl. The van der Waals surface area contributed by atoms with Crippen LogP contribution in [0, 0.1) is 6.92 Å². The fourth-order valence-corrected chi connectivity index (χ4v) is 2.79. The first-order valence-electron chi connectivity index (χ1n) is 7.55. The molecule has 8 heteroatoms. The van der Waals surface area contributed by atoms with Gasteiger partial charge in [0.25, 0.3) is 0 Å². The van der Waals surface area contributed by atoms with Crippen LogP contribution in [0.5, 0.6) is 0 Å². The monoisotopic (exact) mass is 353 g/mol. The molecule has 0 spiro atoms. The van der Waals surface area contributed by atoms with Crippen molar-refractivity contribution >= 4 is 35.1 Å². The van der Waals surface area contributed by atoms with Gasteiger partial charge in [-0.2, -0.15) is 0 Å². The van der Waals surface area contributed by atoms with Gasteiger partial charge in [0.05, 0.1) is 30.8 Å². The molecule has 1 saturated heterocycles. The van der Waals surface area contributed by atoms with Crippen LogP contribution >= 0.6 is 11.6 Å². The van der Waals surface area contributed by atoms with E-state index in [9.17, 15) is 14.4 Å². The maximum Gasteiger partial charge on any atom is 0.307 e. The highest BCUT2D eigenvalue weighted by Crippen LogP contribution is 2.22. The number of anilines is 1. The lowest BCUT2D eigenvalue weighted by Crippen LogP contribution is -2.57. The number of ether oxygens (including phenoxy) is 1. The highest BCUT2D eigenvalue weighted by Gasteiger charge is 2.33. The van der Waals surface area contributed by atoms with Gasteiger partial charge >= 0.3 is 5.97 Å². The Morgan fingerprint density at radius 1 is 1.46 bits per heavy atom. The van der Waals surface area contributed by atoms with Gasteiger partial charge in [0, 0.05) is 13.1 Å². The Kier molecular flexibility index (Phi) is 6.16. The zero-order valence-electron chi connectivity index (χ0n) is 13.6. The number of carbonyl (C=O) groups excluding carboxylic acids is 3. The number of aryl methyl sites for hydroxylation is 1. The summed E-state index contributed by atoms with van der Waals surface area (Å²) in [6.07, 6.45) is -0.0963. The zero-order valence-corrected chi connectivity index (χ0v) is 14.4. The molecule has 7 nitrogen and oxygen atoms in total. The Labute approximate surface area is 145 Å². The van der Waals surface area contributed by atoms with E-state index in [2.05, 4.69) is 15.4 Å². The number of hydrogen-bond acceptors (Lipinski definition) is 5. The van der Waals surface area contributed by atoms with E-state index >= 15 is 0 Å². The van der Waals surface area contributed by atoms with Crippen LogP contribution in [0.2, 0.25) is 5.02 Å². The molecule has 2 amide bonds. The molecule has 130 valence electrons. The van der Waals surface area contributed by atoms with Crippen molar-refractivity contribution in [3.63, 3.8) is 0 Å². The smallest absolute Gasteiger partial charge is 0.307 e. The van der Waals surface area contributed by atoms with Gasteiger partial charge in [0.1, 0.15) is 6.04 Å². The van der Waals surface area contributed by atoms with Crippen molar-refractivity contribution in [1.29, 1.82) is 0 Å². The molecule has 0 unspecified atom stereocenters. The molecule has 0 saturated carbocycles. The van der Waals surface area contributed by atoms with Gasteiger partial charge in [0.15, 0.2) is 0 Å². The summed E-state index contributed by atoms with van der Waals surface area (Å²) in [4.78, 5) is 37.4. The van der Waals surface area contributed by atoms with Crippen LogP contribution in [-0.4, -0.2) is 55.5 Å². The number of methoxy groups -OCH3 is 1. The number of hydrogen-bond donors (Lipinski definition) is 2. The molecule has 1 atom stereocenters. The molecular formula is C16H20ClN3O4. The van der Waals surface area contributed by atoms with Gasteiger partial charge in [-0.3, -0.25) is 19.3 Å². The fraction of sp³-hybridized carbons (Fsp3) is 0.438. The Balaban J connectivity index is 2.02. The second-order valence-electron chi connectivity index (χ2n) is 5.59. The van der Waals surface area contributed by atoms with Gasteiger partial charge in [-0.1, -0.05) is 17.7 Å². The van der Waals surface area contributed by atoms with Crippen LogP contribution in [0.3, 0.4) is 0 Å². The number of nitrogens with zero attached hydrogens (tertiary/aromatic N) is 1. The molecule has 24 heavy (non-hydrogen) atoms. The Morgan fingerprint density at radius 3 is 2.88 bits per heavy atom. The number of amides is 2.